The fourth-order valence-electron chi connectivity index (χ4n) is 3.44. The number of nitrogens with one attached hydrogen (secondary N) is 4. The molecule has 2 aliphatic heterocycles. The van der Waals surface area contributed by atoms with Crippen LogP contribution >= 0.6 is 0 Å². The van der Waals surface area contributed by atoms with Crippen molar-refractivity contribution in [1.29, 1.82) is 5.26 Å². The van der Waals surface area contributed by atoms with E-state index in [2.05, 4.69) is 36.4 Å². The van der Waals surface area contributed by atoms with Gasteiger partial charge in [0.2, 0.25) is 0 Å². The summed E-state index contributed by atoms with van der Waals surface area (Å²) in [5.41, 5.74) is 7.64. The highest BCUT2D eigenvalue weighted by Crippen LogP contribution is 2.37. The van der Waals surface area contributed by atoms with E-state index in [0.717, 1.165) is 18.7 Å². The van der Waals surface area contributed by atoms with Gasteiger partial charge in [-0.1, -0.05) is 0 Å². The Balaban J connectivity index is 1.43. The van der Waals surface area contributed by atoms with Gasteiger partial charge in [0.15, 0.2) is 5.69 Å². The summed E-state index contributed by atoms with van der Waals surface area (Å²) < 4.78 is 17.3. The predicted molar refractivity (Wildman–Crippen MR) is 107 cm³/mol. The molecule has 11 nitrogen and oxygen atoms in total. The Kier molecular flexibility index (Phi) is 6.50. The number of hydrogen-bond acceptors (Lipinski definition) is 11. The molecular formula is C19H24N8O3. The summed E-state index contributed by atoms with van der Waals surface area (Å²) in [6.45, 7) is 2.72. The van der Waals surface area contributed by atoms with Crippen molar-refractivity contribution < 1.29 is 14.2 Å². The summed E-state index contributed by atoms with van der Waals surface area (Å²) in [6, 6.07) is 1.88. The first-order valence-electron chi connectivity index (χ1n) is 9.73. The van der Waals surface area contributed by atoms with E-state index in [-0.39, 0.29) is 24.0 Å². The summed E-state index contributed by atoms with van der Waals surface area (Å²) in [6.07, 6.45) is 6.93. The zero-order valence-electron chi connectivity index (χ0n) is 16.6. The van der Waals surface area contributed by atoms with Crippen molar-refractivity contribution in [3.63, 3.8) is 0 Å². The minimum atomic E-state index is -0.103. The van der Waals surface area contributed by atoms with Crippen LogP contribution in [0, 0.1) is 11.3 Å². The first kappa shape index (κ1) is 20.2. The molecule has 2 aromatic heterocycles. The molecule has 2 aromatic rings. The topological polar surface area (TPSA) is 138 Å². The van der Waals surface area contributed by atoms with Crippen LogP contribution in [-0.4, -0.2) is 60.6 Å². The highest BCUT2D eigenvalue weighted by Gasteiger charge is 2.30. The molecule has 0 bridgehead atoms. The summed E-state index contributed by atoms with van der Waals surface area (Å²) >= 11 is 0. The molecule has 0 aliphatic carbocycles. The number of morpholine rings is 1. The van der Waals surface area contributed by atoms with Crippen molar-refractivity contribution in [3.8, 4) is 17.6 Å². The molecule has 2 aliphatic rings. The van der Waals surface area contributed by atoms with E-state index in [1.807, 2.05) is 6.07 Å². The Morgan fingerprint density at radius 1 is 1.23 bits per heavy atom. The molecule has 2 unspecified atom stereocenters. The van der Waals surface area contributed by atoms with Crippen molar-refractivity contribution in [3.05, 3.63) is 36.0 Å². The van der Waals surface area contributed by atoms with Crippen LogP contribution in [0.5, 0.6) is 11.5 Å². The normalized spacial score (nSPS) is 23.5. The van der Waals surface area contributed by atoms with Gasteiger partial charge in [0.1, 0.15) is 36.1 Å². The number of ether oxygens (including phenoxy) is 3. The fraction of sp³-hybridized carbons (Fsp3) is 0.474. The number of pyridine rings is 1. The van der Waals surface area contributed by atoms with E-state index < -0.39 is 0 Å². The third-order valence-corrected chi connectivity index (χ3v) is 4.90. The SMILES string of the molecule is COc1cncc(OC[C@H]2CNCCO2)c1C1CC(Nc2cnc(C#N)cn2)NN1. The van der Waals surface area contributed by atoms with Crippen LogP contribution in [0.3, 0.4) is 0 Å². The summed E-state index contributed by atoms with van der Waals surface area (Å²) in [7, 11) is 1.61. The number of methoxy groups -OCH3 is 1. The summed E-state index contributed by atoms with van der Waals surface area (Å²) in [4.78, 5) is 12.5. The number of nitriles is 1. The molecule has 3 atom stereocenters. The Bertz CT molecular complexity index is 882. The smallest absolute Gasteiger partial charge is 0.158 e. The van der Waals surface area contributed by atoms with Gasteiger partial charge in [-0.15, -0.1) is 0 Å². The first-order valence-corrected chi connectivity index (χ1v) is 9.73. The maximum atomic E-state index is 8.84. The van der Waals surface area contributed by atoms with Gasteiger partial charge in [0.25, 0.3) is 0 Å². The molecule has 4 rings (SSSR count). The van der Waals surface area contributed by atoms with Gasteiger partial charge in [0, 0.05) is 19.5 Å². The number of aromatic nitrogens is 3. The first-order chi connectivity index (χ1) is 14.8. The van der Waals surface area contributed by atoms with Crippen LogP contribution in [-0.2, 0) is 4.74 Å². The lowest BCUT2D eigenvalue weighted by Crippen LogP contribution is -2.41. The zero-order chi connectivity index (χ0) is 20.8. The summed E-state index contributed by atoms with van der Waals surface area (Å²) in [5.74, 6) is 1.88. The maximum Gasteiger partial charge on any atom is 0.158 e. The molecule has 4 heterocycles. The van der Waals surface area contributed by atoms with Crippen LogP contribution in [0.25, 0.3) is 0 Å². The Morgan fingerprint density at radius 2 is 2.13 bits per heavy atom. The van der Waals surface area contributed by atoms with E-state index in [1.165, 1.54) is 12.4 Å². The van der Waals surface area contributed by atoms with Crippen LogP contribution in [0.1, 0.15) is 23.7 Å². The number of hydrogen-bond donors (Lipinski definition) is 4. The second-order valence-corrected chi connectivity index (χ2v) is 6.93. The lowest BCUT2D eigenvalue weighted by atomic mass is 10.0. The standard InChI is InChI=1S/C19H24N8O3/c1-28-15-8-22-9-16(30-11-13-7-21-2-3-29-13)19(15)14-4-17(27-26-14)25-18-10-23-12(5-20)6-24-18/h6,8-10,13-14,17,21,26-27H,2-4,7,11H2,1H3,(H,24,25)/t13-,14?,17?/m1/s1. The molecule has 2 fully saturated rings. The van der Waals surface area contributed by atoms with Crippen LogP contribution < -0.4 is 31.0 Å². The van der Waals surface area contributed by atoms with Gasteiger partial charge in [-0.2, -0.15) is 5.26 Å². The van der Waals surface area contributed by atoms with E-state index in [0.29, 0.717) is 37.0 Å². The van der Waals surface area contributed by atoms with Crippen LogP contribution in [0.4, 0.5) is 5.82 Å². The molecule has 0 amide bonds. The Hall–Kier alpha value is -3.04. The molecular weight excluding hydrogens is 388 g/mol. The number of nitrogens with zero attached hydrogens (tertiary/aromatic N) is 4. The van der Waals surface area contributed by atoms with Gasteiger partial charge in [-0.3, -0.25) is 4.98 Å². The molecule has 0 radical (unpaired) electrons. The minimum absolute atomic E-state index is 0.00293. The zero-order valence-corrected chi connectivity index (χ0v) is 16.6. The molecule has 11 heteroatoms. The van der Waals surface area contributed by atoms with Crippen molar-refractivity contribution in [2.75, 3.05) is 38.7 Å². The highest BCUT2D eigenvalue weighted by molar-refractivity contribution is 5.45. The Labute approximate surface area is 174 Å². The molecule has 158 valence electrons. The van der Waals surface area contributed by atoms with Crippen molar-refractivity contribution >= 4 is 5.82 Å². The second kappa shape index (κ2) is 9.64. The second-order valence-electron chi connectivity index (χ2n) is 6.93. The minimum Gasteiger partial charge on any atom is -0.495 e. The third-order valence-electron chi connectivity index (χ3n) is 4.90. The van der Waals surface area contributed by atoms with Crippen molar-refractivity contribution in [1.82, 2.24) is 31.1 Å². The van der Waals surface area contributed by atoms with E-state index in [4.69, 9.17) is 19.5 Å². The van der Waals surface area contributed by atoms with Crippen molar-refractivity contribution in [2.45, 2.75) is 24.7 Å². The monoisotopic (exact) mass is 412 g/mol. The quantitative estimate of drug-likeness (QED) is 0.492. The van der Waals surface area contributed by atoms with Gasteiger partial charge in [-0.25, -0.2) is 20.8 Å². The largest absolute Gasteiger partial charge is 0.495 e. The van der Waals surface area contributed by atoms with E-state index in [1.54, 1.807) is 19.5 Å². The number of rotatable bonds is 7. The molecule has 0 saturated carbocycles. The van der Waals surface area contributed by atoms with Crippen LogP contribution in [0.15, 0.2) is 24.8 Å². The lowest BCUT2D eigenvalue weighted by Gasteiger charge is -2.25. The Morgan fingerprint density at radius 3 is 2.87 bits per heavy atom. The lowest BCUT2D eigenvalue weighted by molar-refractivity contribution is -0.000207. The number of hydrazine groups is 1. The molecule has 4 N–H and O–H groups in total. The van der Waals surface area contributed by atoms with Crippen LogP contribution in [0.2, 0.25) is 0 Å². The highest BCUT2D eigenvalue weighted by atomic mass is 16.5. The molecule has 0 aromatic carbocycles. The predicted octanol–water partition coefficient (Wildman–Crippen LogP) is 0.0963. The van der Waals surface area contributed by atoms with Gasteiger partial charge in [0.05, 0.1) is 56.3 Å². The van der Waals surface area contributed by atoms with E-state index >= 15 is 0 Å². The number of anilines is 1. The maximum absolute atomic E-state index is 8.84. The molecule has 2 saturated heterocycles. The summed E-state index contributed by atoms with van der Waals surface area (Å²) in [5, 5.41) is 15.4. The molecule has 30 heavy (non-hydrogen) atoms. The fourth-order valence-corrected chi connectivity index (χ4v) is 3.44. The van der Waals surface area contributed by atoms with Gasteiger partial charge >= 0.3 is 0 Å². The van der Waals surface area contributed by atoms with Gasteiger partial charge < -0.3 is 24.8 Å². The third kappa shape index (κ3) is 4.74. The van der Waals surface area contributed by atoms with Gasteiger partial charge in [-0.05, 0) is 0 Å². The average Bonchev–Trinajstić information content (AvgIpc) is 3.26. The van der Waals surface area contributed by atoms with E-state index in [9.17, 15) is 0 Å². The van der Waals surface area contributed by atoms with Crippen molar-refractivity contribution in [2.24, 2.45) is 0 Å². The molecule has 0 spiro atoms. The average molecular weight is 412 g/mol.